The smallest absolute Gasteiger partial charge is 0.257 e. The summed E-state index contributed by atoms with van der Waals surface area (Å²) in [6.07, 6.45) is 0. The maximum Gasteiger partial charge on any atom is 0.257 e. The lowest BCUT2D eigenvalue weighted by atomic mass is 10.3. The minimum atomic E-state index is 0.0572. The van der Waals surface area contributed by atoms with Gasteiger partial charge in [0.25, 0.3) is 5.22 Å². The van der Waals surface area contributed by atoms with Crippen LogP contribution in [-0.4, -0.2) is 34.6 Å². The number of aromatic nitrogens is 1. The molecule has 5 nitrogen and oxygen atoms in total. The van der Waals surface area contributed by atoms with Crippen molar-refractivity contribution in [1.29, 1.82) is 0 Å². The Hall–Kier alpha value is -1.69. The molecule has 6 heteroatoms. The molecule has 0 unspecified atom stereocenters. The van der Waals surface area contributed by atoms with Crippen molar-refractivity contribution in [3.8, 4) is 0 Å². The Morgan fingerprint density at radius 2 is 2.26 bits per heavy atom. The van der Waals surface area contributed by atoms with Gasteiger partial charge in [0.2, 0.25) is 5.91 Å². The van der Waals surface area contributed by atoms with E-state index < -0.39 is 0 Å². The van der Waals surface area contributed by atoms with E-state index in [2.05, 4.69) is 4.98 Å². The summed E-state index contributed by atoms with van der Waals surface area (Å²) in [5, 5.41) is 0.492. The summed E-state index contributed by atoms with van der Waals surface area (Å²) >= 11 is 1.30. The molecule has 0 bridgehead atoms. The minimum Gasteiger partial charge on any atom is -0.431 e. The Bertz CT molecular complexity index is 595. The summed E-state index contributed by atoms with van der Waals surface area (Å²) in [5.41, 5.74) is 7.72. The molecule has 0 saturated carbocycles. The number of thioether (sulfide) groups is 1. The van der Waals surface area contributed by atoms with Crippen LogP contribution >= 0.6 is 11.8 Å². The third-order valence-electron chi connectivity index (χ3n) is 2.88. The molecule has 0 aliphatic carbocycles. The fourth-order valence-electron chi connectivity index (χ4n) is 1.50. The van der Waals surface area contributed by atoms with Gasteiger partial charge in [-0.1, -0.05) is 11.8 Å². The summed E-state index contributed by atoms with van der Waals surface area (Å²) in [6, 6.07) is 5.49. The molecule has 2 rings (SSSR count). The van der Waals surface area contributed by atoms with E-state index in [1.807, 2.05) is 13.8 Å². The SMILES string of the molecule is CC(C)N(C)C(=O)CSc1nc2cc(N)ccc2o1. The zero-order chi connectivity index (χ0) is 14.0. The third-order valence-corrected chi connectivity index (χ3v) is 3.69. The first kappa shape index (κ1) is 13.7. The largest absolute Gasteiger partial charge is 0.431 e. The van der Waals surface area contributed by atoms with E-state index in [0.29, 0.717) is 27.8 Å². The zero-order valence-electron chi connectivity index (χ0n) is 11.2. The molecule has 1 aromatic carbocycles. The van der Waals surface area contributed by atoms with Gasteiger partial charge in [0, 0.05) is 18.8 Å². The molecule has 19 heavy (non-hydrogen) atoms. The highest BCUT2D eigenvalue weighted by atomic mass is 32.2. The minimum absolute atomic E-state index is 0.0572. The maximum absolute atomic E-state index is 11.8. The predicted molar refractivity (Wildman–Crippen MR) is 77.1 cm³/mol. The van der Waals surface area contributed by atoms with Crippen LogP contribution in [0.2, 0.25) is 0 Å². The van der Waals surface area contributed by atoms with Crippen LogP contribution in [0.4, 0.5) is 5.69 Å². The van der Waals surface area contributed by atoms with Crippen LogP contribution < -0.4 is 5.73 Å². The van der Waals surface area contributed by atoms with Crippen LogP contribution in [0.3, 0.4) is 0 Å². The highest BCUT2D eigenvalue weighted by Gasteiger charge is 2.14. The molecule has 1 heterocycles. The summed E-state index contributed by atoms with van der Waals surface area (Å²) < 4.78 is 5.54. The number of hydrogen-bond acceptors (Lipinski definition) is 5. The van der Waals surface area contributed by atoms with Crippen LogP contribution in [0.15, 0.2) is 27.8 Å². The van der Waals surface area contributed by atoms with Crippen molar-refractivity contribution in [1.82, 2.24) is 9.88 Å². The number of nitrogen functional groups attached to an aromatic ring is 1. The molecule has 0 saturated heterocycles. The van der Waals surface area contributed by atoms with Crippen molar-refractivity contribution in [2.24, 2.45) is 0 Å². The van der Waals surface area contributed by atoms with Gasteiger partial charge < -0.3 is 15.1 Å². The number of fused-ring (bicyclic) bond motifs is 1. The van der Waals surface area contributed by atoms with Crippen LogP contribution in [0, 0.1) is 0 Å². The number of carbonyl (C=O) groups is 1. The first-order valence-electron chi connectivity index (χ1n) is 6.02. The predicted octanol–water partition coefficient (Wildman–Crippen LogP) is 2.37. The molecular weight excluding hydrogens is 262 g/mol. The second-order valence-corrected chi connectivity index (χ2v) is 5.52. The topological polar surface area (TPSA) is 72.4 Å². The molecule has 0 atom stereocenters. The van der Waals surface area contributed by atoms with Gasteiger partial charge in [0.05, 0.1) is 5.75 Å². The Morgan fingerprint density at radius 1 is 1.53 bits per heavy atom. The van der Waals surface area contributed by atoms with Gasteiger partial charge in [0.15, 0.2) is 5.58 Å². The van der Waals surface area contributed by atoms with Gasteiger partial charge in [-0.15, -0.1) is 0 Å². The lowest BCUT2D eigenvalue weighted by Gasteiger charge is -2.20. The highest BCUT2D eigenvalue weighted by Crippen LogP contribution is 2.24. The van der Waals surface area contributed by atoms with Crippen LogP contribution in [0.25, 0.3) is 11.1 Å². The Kier molecular flexibility index (Phi) is 3.99. The molecule has 1 aromatic heterocycles. The number of oxazole rings is 1. The van der Waals surface area contributed by atoms with Crippen molar-refractivity contribution < 1.29 is 9.21 Å². The Balaban J connectivity index is 2.04. The number of amides is 1. The van der Waals surface area contributed by atoms with Crippen molar-refractivity contribution in [3.05, 3.63) is 18.2 Å². The van der Waals surface area contributed by atoms with E-state index in [-0.39, 0.29) is 11.9 Å². The van der Waals surface area contributed by atoms with Gasteiger partial charge in [-0.05, 0) is 32.0 Å². The average molecular weight is 279 g/mol. The Morgan fingerprint density at radius 3 is 2.95 bits per heavy atom. The van der Waals surface area contributed by atoms with Crippen molar-refractivity contribution in [2.75, 3.05) is 18.5 Å². The van der Waals surface area contributed by atoms with Crippen LogP contribution in [-0.2, 0) is 4.79 Å². The van der Waals surface area contributed by atoms with Crippen LogP contribution in [0.1, 0.15) is 13.8 Å². The van der Waals surface area contributed by atoms with Gasteiger partial charge >= 0.3 is 0 Å². The molecule has 0 spiro atoms. The summed E-state index contributed by atoms with van der Waals surface area (Å²) in [7, 11) is 1.79. The fraction of sp³-hybridized carbons (Fsp3) is 0.385. The molecular formula is C13H17N3O2S. The maximum atomic E-state index is 11.8. The molecule has 2 aromatic rings. The number of anilines is 1. The number of hydrogen-bond donors (Lipinski definition) is 1. The summed E-state index contributed by atoms with van der Waals surface area (Å²) in [6.45, 7) is 3.95. The normalized spacial score (nSPS) is 11.2. The number of rotatable bonds is 4. The fourth-order valence-corrected chi connectivity index (χ4v) is 2.26. The molecule has 1 amide bonds. The lowest BCUT2D eigenvalue weighted by Crippen LogP contribution is -2.34. The number of benzene rings is 1. The average Bonchev–Trinajstić information content (AvgIpc) is 2.76. The van der Waals surface area contributed by atoms with E-state index in [1.54, 1.807) is 30.1 Å². The molecule has 0 aliphatic rings. The van der Waals surface area contributed by atoms with Gasteiger partial charge in [-0.3, -0.25) is 4.79 Å². The van der Waals surface area contributed by atoms with Crippen molar-refractivity contribution in [3.63, 3.8) is 0 Å². The van der Waals surface area contributed by atoms with E-state index in [1.165, 1.54) is 11.8 Å². The van der Waals surface area contributed by atoms with Gasteiger partial charge in [0.1, 0.15) is 5.52 Å². The van der Waals surface area contributed by atoms with E-state index >= 15 is 0 Å². The van der Waals surface area contributed by atoms with Crippen LogP contribution in [0.5, 0.6) is 0 Å². The standard InChI is InChI=1S/C13H17N3O2S/c1-8(2)16(3)12(17)7-19-13-15-10-6-9(14)4-5-11(10)18-13/h4-6,8H,7,14H2,1-3H3. The van der Waals surface area contributed by atoms with Gasteiger partial charge in [-0.2, -0.15) is 0 Å². The molecule has 0 radical (unpaired) electrons. The zero-order valence-corrected chi connectivity index (χ0v) is 12.0. The number of nitrogens with two attached hydrogens (primary N) is 1. The summed E-state index contributed by atoms with van der Waals surface area (Å²) in [5.74, 6) is 0.374. The molecule has 102 valence electrons. The van der Waals surface area contributed by atoms with Crippen molar-refractivity contribution >= 4 is 34.5 Å². The second-order valence-electron chi connectivity index (χ2n) is 4.59. The number of carbonyl (C=O) groups excluding carboxylic acids is 1. The first-order chi connectivity index (χ1) is 8.97. The number of nitrogens with zero attached hydrogens (tertiary/aromatic N) is 2. The van der Waals surface area contributed by atoms with Gasteiger partial charge in [-0.25, -0.2) is 4.98 Å². The third kappa shape index (κ3) is 3.20. The highest BCUT2D eigenvalue weighted by molar-refractivity contribution is 7.99. The molecule has 2 N–H and O–H groups in total. The van der Waals surface area contributed by atoms with E-state index in [0.717, 1.165) is 0 Å². The monoisotopic (exact) mass is 279 g/mol. The second kappa shape index (κ2) is 5.52. The van der Waals surface area contributed by atoms with E-state index in [4.69, 9.17) is 10.2 Å². The quantitative estimate of drug-likeness (QED) is 0.687. The van der Waals surface area contributed by atoms with E-state index in [9.17, 15) is 4.79 Å². The first-order valence-corrected chi connectivity index (χ1v) is 7.00. The Labute approximate surface area is 116 Å². The lowest BCUT2D eigenvalue weighted by molar-refractivity contribution is -0.128. The molecule has 0 aliphatic heterocycles. The van der Waals surface area contributed by atoms with Crippen molar-refractivity contribution in [2.45, 2.75) is 25.1 Å². The molecule has 0 fully saturated rings. The summed E-state index contributed by atoms with van der Waals surface area (Å²) in [4.78, 5) is 17.8.